The van der Waals surface area contributed by atoms with Crippen molar-refractivity contribution in [2.45, 2.75) is 33.4 Å². The largest absolute Gasteiger partial charge is 0.369 e. The maximum Gasteiger partial charge on any atom is 0.249 e. The fourth-order valence-electron chi connectivity index (χ4n) is 1.22. The van der Waals surface area contributed by atoms with E-state index >= 15 is 0 Å². The van der Waals surface area contributed by atoms with Crippen molar-refractivity contribution in [2.24, 2.45) is 0 Å². The average molecular weight is 227 g/mol. The van der Waals surface area contributed by atoms with Gasteiger partial charge in [-0.05, 0) is 32.9 Å². The van der Waals surface area contributed by atoms with Gasteiger partial charge in [-0.3, -0.25) is 4.79 Å². The summed E-state index contributed by atoms with van der Waals surface area (Å²) in [6.45, 7) is 6.85. The normalized spacial score (nSPS) is 12.5. The number of thiophene rings is 1. The molecule has 1 heterocycles. The van der Waals surface area contributed by atoms with Crippen LogP contribution in [-0.2, 0) is 16.1 Å². The predicted molar refractivity (Wildman–Crippen MR) is 62.0 cm³/mol. The lowest BCUT2D eigenvalue weighted by Crippen LogP contribution is -2.33. The molecule has 1 N–H and O–H groups in total. The van der Waals surface area contributed by atoms with Crippen molar-refractivity contribution in [3.05, 3.63) is 21.9 Å². The third-order valence-electron chi connectivity index (χ3n) is 2.02. The zero-order valence-corrected chi connectivity index (χ0v) is 10.2. The third-order valence-corrected chi connectivity index (χ3v) is 3.02. The van der Waals surface area contributed by atoms with Gasteiger partial charge in [-0.25, -0.2) is 0 Å². The Morgan fingerprint density at radius 1 is 1.60 bits per heavy atom. The Bertz CT molecular complexity index is 322. The van der Waals surface area contributed by atoms with E-state index in [0.29, 0.717) is 13.2 Å². The number of amides is 1. The van der Waals surface area contributed by atoms with Crippen LogP contribution >= 0.6 is 11.3 Å². The molecule has 0 aromatic carbocycles. The first kappa shape index (κ1) is 12.2. The lowest BCUT2D eigenvalue weighted by atomic mass is 10.3. The van der Waals surface area contributed by atoms with Gasteiger partial charge in [0, 0.05) is 16.4 Å². The second kappa shape index (κ2) is 5.88. The smallest absolute Gasteiger partial charge is 0.249 e. The zero-order chi connectivity index (χ0) is 11.3. The summed E-state index contributed by atoms with van der Waals surface area (Å²) in [5, 5.41) is 2.84. The fourth-order valence-corrected chi connectivity index (χ4v) is 2.05. The van der Waals surface area contributed by atoms with E-state index in [1.807, 2.05) is 13.0 Å². The molecule has 0 aliphatic carbocycles. The Morgan fingerprint density at radius 3 is 2.87 bits per heavy atom. The van der Waals surface area contributed by atoms with E-state index in [2.05, 4.69) is 18.3 Å². The van der Waals surface area contributed by atoms with Gasteiger partial charge in [0.05, 0.1) is 6.54 Å². The topological polar surface area (TPSA) is 38.3 Å². The van der Waals surface area contributed by atoms with E-state index < -0.39 is 0 Å². The summed E-state index contributed by atoms with van der Waals surface area (Å²) < 4.78 is 5.19. The predicted octanol–water partition coefficient (Wildman–Crippen LogP) is 2.10. The van der Waals surface area contributed by atoms with Gasteiger partial charge in [0.25, 0.3) is 0 Å². The standard InChI is InChI=1S/C11H17NO2S/c1-4-14-9(3)11(13)12-7-10-6-5-8(2)15-10/h5-6,9H,4,7H2,1-3H3,(H,12,13). The Morgan fingerprint density at radius 2 is 2.33 bits per heavy atom. The van der Waals surface area contributed by atoms with Crippen LogP contribution in [0.5, 0.6) is 0 Å². The van der Waals surface area contributed by atoms with Crippen LogP contribution in [0.4, 0.5) is 0 Å². The highest BCUT2D eigenvalue weighted by molar-refractivity contribution is 7.11. The van der Waals surface area contributed by atoms with Crippen LogP contribution < -0.4 is 5.32 Å². The van der Waals surface area contributed by atoms with Crippen LogP contribution in [0.25, 0.3) is 0 Å². The van der Waals surface area contributed by atoms with Crippen molar-refractivity contribution >= 4 is 17.2 Å². The molecule has 0 radical (unpaired) electrons. The van der Waals surface area contributed by atoms with Crippen LogP contribution in [0, 0.1) is 6.92 Å². The minimum Gasteiger partial charge on any atom is -0.369 e. The molecule has 0 spiro atoms. The van der Waals surface area contributed by atoms with Crippen LogP contribution in [0.1, 0.15) is 23.6 Å². The molecule has 0 aliphatic rings. The van der Waals surface area contributed by atoms with Crippen LogP contribution in [0.2, 0.25) is 0 Å². The molecule has 3 nitrogen and oxygen atoms in total. The van der Waals surface area contributed by atoms with E-state index in [4.69, 9.17) is 4.74 Å². The lowest BCUT2D eigenvalue weighted by molar-refractivity contribution is -0.131. The fraction of sp³-hybridized carbons (Fsp3) is 0.545. The Balaban J connectivity index is 2.34. The molecular weight excluding hydrogens is 210 g/mol. The number of carbonyl (C=O) groups excluding carboxylic acids is 1. The number of rotatable bonds is 5. The Kier molecular flexibility index (Phi) is 4.78. The van der Waals surface area contributed by atoms with Crippen LogP contribution in [0.15, 0.2) is 12.1 Å². The third kappa shape index (κ3) is 4.01. The second-order valence-corrected chi connectivity index (χ2v) is 4.70. The maximum atomic E-state index is 11.5. The van der Waals surface area contributed by atoms with Crippen LogP contribution in [-0.4, -0.2) is 18.6 Å². The van der Waals surface area contributed by atoms with E-state index in [1.165, 1.54) is 9.75 Å². The first-order valence-electron chi connectivity index (χ1n) is 5.08. The van der Waals surface area contributed by atoms with E-state index in [0.717, 1.165) is 0 Å². The minimum atomic E-state index is -0.365. The van der Waals surface area contributed by atoms with Gasteiger partial charge >= 0.3 is 0 Å². The van der Waals surface area contributed by atoms with Crippen molar-refractivity contribution in [1.29, 1.82) is 0 Å². The minimum absolute atomic E-state index is 0.0529. The summed E-state index contributed by atoms with van der Waals surface area (Å²) in [7, 11) is 0. The molecule has 0 saturated heterocycles. The maximum absolute atomic E-state index is 11.5. The molecule has 1 unspecified atom stereocenters. The average Bonchev–Trinajstić information content (AvgIpc) is 2.61. The summed E-state index contributed by atoms with van der Waals surface area (Å²) >= 11 is 1.70. The number of ether oxygens (including phenoxy) is 1. The Labute approximate surface area is 94.5 Å². The zero-order valence-electron chi connectivity index (χ0n) is 9.37. The van der Waals surface area contributed by atoms with Crippen LogP contribution in [0.3, 0.4) is 0 Å². The second-order valence-electron chi connectivity index (χ2n) is 3.33. The molecule has 0 saturated carbocycles. The molecule has 0 aliphatic heterocycles. The number of hydrogen-bond acceptors (Lipinski definition) is 3. The van der Waals surface area contributed by atoms with Gasteiger partial charge in [-0.2, -0.15) is 0 Å². The van der Waals surface area contributed by atoms with Crippen molar-refractivity contribution in [2.75, 3.05) is 6.61 Å². The first-order valence-corrected chi connectivity index (χ1v) is 5.89. The molecule has 15 heavy (non-hydrogen) atoms. The molecule has 4 heteroatoms. The van der Waals surface area contributed by atoms with E-state index in [1.54, 1.807) is 18.3 Å². The summed E-state index contributed by atoms with van der Waals surface area (Å²) in [5.41, 5.74) is 0. The van der Waals surface area contributed by atoms with Gasteiger partial charge in [-0.15, -0.1) is 11.3 Å². The van der Waals surface area contributed by atoms with Crippen molar-refractivity contribution in [1.82, 2.24) is 5.32 Å². The van der Waals surface area contributed by atoms with Gasteiger partial charge in [0.15, 0.2) is 0 Å². The molecule has 1 amide bonds. The SMILES string of the molecule is CCOC(C)C(=O)NCc1ccc(C)s1. The quantitative estimate of drug-likeness (QED) is 0.836. The van der Waals surface area contributed by atoms with Gasteiger partial charge < -0.3 is 10.1 Å². The highest BCUT2D eigenvalue weighted by atomic mass is 32.1. The van der Waals surface area contributed by atoms with Crippen molar-refractivity contribution in [3.8, 4) is 0 Å². The van der Waals surface area contributed by atoms with Crippen molar-refractivity contribution in [3.63, 3.8) is 0 Å². The number of hydrogen-bond donors (Lipinski definition) is 1. The Hall–Kier alpha value is -0.870. The first-order chi connectivity index (χ1) is 7.13. The lowest BCUT2D eigenvalue weighted by Gasteiger charge is -2.11. The molecule has 0 fully saturated rings. The summed E-state index contributed by atoms with van der Waals surface area (Å²) in [5.74, 6) is -0.0529. The van der Waals surface area contributed by atoms with Crippen molar-refractivity contribution < 1.29 is 9.53 Å². The highest BCUT2D eigenvalue weighted by Crippen LogP contribution is 2.14. The number of aryl methyl sites for hydroxylation is 1. The molecule has 1 rings (SSSR count). The molecule has 1 atom stereocenters. The summed E-state index contributed by atoms with van der Waals surface area (Å²) in [6, 6.07) is 4.09. The highest BCUT2D eigenvalue weighted by Gasteiger charge is 2.11. The molecule has 1 aromatic rings. The van der Waals surface area contributed by atoms with E-state index in [9.17, 15) is 4.79 Å². The molecule has 0 bridgehead atoms. The molecule has 84 valence electrons. The number of nitrogens with one attached hydrogen (secondary N) is 1. The number of carbonyl (C=O) groups is 1. The van der Waals surface area contributed by atoms with Gasteiger partial charge in [0.2, 0.25) is 5.91 Å². The summed E-state index contributed by atoms with van der Waals surface area (Å²) in [4.78, 5) is 13.9. The summed E-state index contributed by atoms with van der Waals surface area (Å²) in [6.07, 6.45) is -0.365. The van der Waals surface area contributed by atoms with Gasteiger partial charge in [-0.1, -0.05) is 0 Å². The molecular formula is C11H17NO2S. The van der Waals surface area contributed by atoms with Gasteiger partial charge in [0.1, 0.15) is 6.10 Å². The monoisotopic (exact) mass is 227 g/mol. The molecule has 1 aromatic heterocycles. The van der Waals surface area contributed by atoms with E-state index in [-0.39, 0.29) is 12.0 Å².